The van der Waals surface area contributed by atoms with Crippen molar-refractivity contribution in [2.24, 2.45) is 0 Å². The first-order valence-electron chi connectivity index (χ1n) is 8.56. The second-order valence-electron chi connectivity index (χ2n) is 6.07. The SMILES string of the molecule is COc1ccccc1CNC(=O)CS[C@H]1CCc2ccccc2NC1=O. The molecule has 0 saturated carbocycles. The minimum absolute atomic E-state index is 0.0301. The van der Waals surface area contributed by atoms with Gasteiger partial charge in [-0.05, 0) is 30.5 Å². The standard InChI is InChI=1S/C20H22N2O3S/c1-25-17-9-5-3-7-15(17)12-21-19(23)13-26-18-11-10-14-6-2-4-8-16(14)22-20(18)24/h2-9,18H,10-13H2,1H3,(H,21,23)(H,22,24)/t18-/m0/s1. The van der Waals surface area contributed by atoms with E-state index in [9.17, 15) is 9.59 Å². The summed E-state index contributed by atoms with van der Waals surface area (Å²) in [5.41, 5.74) is 2.95. The van der Waals surface area contributed by atoms with Crippen LogP contribution in [-0.2, 0) is 22.6 Å². The molecule has 2 N–H and O–H groups in total. The Morgan fingerprint density at radius 1 is 1.23 bits per heavy atom. The molecule has 0 saturated heterocycles. The van der Waals surface area contributed by atoms with E-state index < -0.39 is 0 Å². The summed E-state index contributed by atoms with van der Waals surface area (Å²) in [6.45, 7) is 0.408. The number of hydrogen-bond acceptors (Lipinski definition) is 4. The van der Waals surface area contributed by atoms with Crippen LogP contribution in [0.1, 0.15) is 17.5 Å². The number of nitrogens with one attached hydrogen (secondary N) is 2. The Balaban J connectivity index is 1.49. The molecule has 0 aliphatic carbocycles. The maximum atomic E-state index is 12.4. The summed E-state index contributed by atoms with van der Waals surface area (Å²) in [6, 6.07) is 15.4. The molecule has 1 heterocycles. The molecule has 5 nitrogen and oxygen atoms in total. The van der Waals surface area contributed by atoms with E-state index in [1.807, 2.05) is 48.5 Å². The first-order chi connectivity index (χ1) is 12.7. The van der Waals surface area contributed by atoms with E-state index in [2.05, 4.69) is 10.6 Å². The van der Waals surface area contributed by atoms with Crippen LogP contribution in [0.5, 0.6) is 5.75 Å². The van der Waals surface area contributed by atoms with E-state index in [-0.39, 0.29) is 22.8 Å². The van der Waals surface area contributed by atoms with Gasteiger partial charge in [0.2, 0.25) is 11.8 Å². The Hall–Kier alpha value is -2.47. The van der Waals surface area contributed by atoms with Gasteiger partial charge in [-0.25, -0.2) is 0 Å². The minimum Gasteiger partial charge on any atom is -0.496 e. The molecule has 0 radical (unpaired) electrons. The van der Waals surface area contributed by atoms with E-state index in [4.69, 9.17) is 4.74 Å². The van der Waals surface area contributed by atoms with E-state index in [1.165, 1.54) is 11.8 Å². The zero-order valence-corrected chi connectivity index (χ0v) is 15.5. The monoisotopic (exact) mass is 370 g/mol. The van der Waals surface area contributed by atoms with Crippen LogP contribution >= 0.6 is 11.8 Å². The highest BCUT2D eigenvalue weighted by Gasteiger charge is 2.24. The van der Waals surface area contributed by atoms with Crippen molar-refractivity contribution in [1.82, 2.24) is 5.32 Å². The summed E-state index contributed by atoms with van der Waals surface area (Å²) >= 11 is 1.39. The molecule has 136 valence electrons. The zero-order valence-electron chi connectivity index (χ0n) is 14.7. The Bertz CT molecular complexity index is 794. The predicted octanol–water partition coefficient (Wildman–Crippen LogP) is 3.00. The quantitative estimate of drug-likeness (QED) is 0.820. The van der Waals surface area contributed by atoms with Gasteiger partial charge < -0.3 is 15.4 Å². The number of anilines is 1. The van der Waals surface area contributed by atoms with Crippen molar-refractivity contribution in [1.29, 1.82) is 0 Å². The molecule has 0 unspecified atom stereocenters. The van der Waals surface area contributed by atoms with Crippen molar-refractivity contribution in [3.8, 4) is 5.75 Å². The summed E-state index contributed by atoms with van der Waals surface area (Å²) < 4.78 is 5.28. The summed E-state index contributed by atoms with van der Waals surface area (Å²) in [4.78, 5) is 24.5. The van der Waals surface area contributed by atoms with Crippen molar-refractivity contribution in [2.45, 2.75) is 24.6 Å². The number of methoxy groups -OCH3 is 1. The molecule has 2 aromatic carbocycles. The molecule has 26 heavy (non-hydrogen) atoms. The van der Waals surface area contributed by atoms with Gasteiger partial charge in [0.25, 0.3) is 0 Å². The van der Waals surface area contributed by atoms with Crippen LogP contribution in [0.4, 0.5) is 5.69 Å². The Labute approximate surface area is 157 Å². The van der Waals surface area contributed by atoms with Gasteiger partial charge in [0.1, 0.15) is 5.75 Å². The largest absolute Gasteiger partial charge is 0.496 e. The van der Waals surface area contributed by atoms with Crippen molar-refractivity contribution >= 4 is 29.3 Å². The van der Waals surface area contributed by atoms with E-state index >= 15 is 0 Å². The lowest BCUT2D eigenvalue weighted by Gasteiger charge is -2.13. The highest BCUT2D eigenvalue weighted by atomic mass is 32.2. The molecule has 1 aliphatic heterocycles. The van der Waals surface area contributed by atoms with Crippen LogP contribution in [0, 0.1) is 0 Å². The van der Waals surface area contributed by atoms with Gasteiger partial charge in [-0.1, -0.05) is 36.4 Å². The van der Waals surface area contributed by atoms with Crippen LogP contribution in [0.25, 0.3) is 0 Å². The van der Waals surface area contributed by atoms with Crippen LogP contribution in [-0.4, -0.2) is 29.9 Å². The van der Waals surface area contributed by atoms with Gasteiger partial charge in [-0.15, -0.1) is 11.8 Å². The molecule has 0 bridgehead atoms. The number of amides is 2. The molecule has 3 rings (SSSR count). The molecule has 1 aliphatic rings. The normalized spacial score (nSPS) is 16.2. The number of aryl methyl sites for hydroxylation is 1. The highest BCUT2D eigenvalue weighted by Crippen LogP contribution is 2.27. The smallest absolute Gasteiger partial charge is 0.237 e. The molecule has 1 atom stereocenters. The number of rotatable bonds is 6. The number of fused-ring (bicyclic) bond motifs is 1. The van der Waals surface area contributed by atoms with Crippen molar-refractivity contribution < 1.29 is 14.3 Å². The lowest BCUT2D eigenvalue weighted by Crippen LogP contribution is -2.29. The third-order valence-electron chi connectivity index (χ3n) is 4.33. The van der Waals surface area contributed by atoms with E-state index in [0.29, 0.717) is 6.54 Å². The van der Waals surface area contributed by atoms with Crippen LogP contribution < -0.4 is 15.4 Å². The number of hydrogen-bond donors (Lipinski definition) is 2. The lowest BCUT2D eigenvalue weighted by atomic mass is 10.1. The number of carbonyl (C=O) groups excluding carboxylic acids is 2. The summed E-state index contributed by atoms with van der Waals surface area (Å²) in [5.74, 6) is 0.887. The van der Waals surface area contributed by atoms with Crippen molar-refractivity contribution in [3.05, 3.63) is 59.7 Å². The summed E-state index contributed by atoms with van der Waals surface area (Å²) in [6.07, 6.45) is 1.56. The first-order valence-corrected chi connectivity index (χ1v) is 9.61. The fourth-order valence-electron chi connectivity index (χ4n) is 2.92. The Morgan fingerprint density at radius 2 is 2.00 bits per heavy atom. The maximum Gasteiger partial charge on any atom is 0.237 e. The van der Waals surface area contributed by atoms with Gasteiger partial charge >= 0.3 is 0 Å². The van der Waals surface area contributed by atoms with Gasteiger partial charge in [-0.3, -0.25) is 9.59 Å². The van der Waals surface area contributed by atoms with Crippen molar-refractivity contribution in [3.63, 3.8) is 0 Å². The number of thioether (sulfide) groups is 1. The van der Waals surface area contributed by atoms with E-state index in [1.54, 1.807) is 7.11 Å². The Kier molecular flexibility index (Phi) is 6.17. The summed E-state index contributed by atoms with van der Waals surface area (Å²) in [7, 11) is 1.61. The van der Waals surface area contributed by atoms with Gasteiger partial charge in [-0.2, -0.15) is 0 Å². The average molecular weight is 370 g/mol. The minimum atomic E-state index is -0.223. The number of benzene rings is 2. The second kappa shape index (κ2) is 8.76. The Morgan fingerprint density at radius 3 is 2.85 bits per heavy atom. The van der Waals surface area contributed by atoms with Gasteiger partial charge in [0.15, 0.2) is 0 Å². The fraction of sp³-hybridized carbons (Fsp3) is 0.300. The second-order valence-corrected chi connectivity index (χ2v) is 7.26. The molecule has 0 aromatic heterocycles. The molecular formula is C20H22N2O3S. The average Bonchev–Trinajstić information content (AvgIpc) is 2.83. The molecule has 6 heteroatoms. The number of ether oxygens (including phenoxy) is 1. The molecule has 2 aromatic rings. The van der Waals surface area contributed by atoms with Crippen LogP contribution in [0.15, 0.2) is 48.5 Å². The number of para-hydroxylation sites is 2. The van der Waals surface area contributed by atoms with Gasteiger partial charge in [0, 0.05) is 17.8 Å². The number of carbonyl (C=O) groups is 2. The molecular weight excluding hydrogens is 348 g/mol. The maximum absolute atomic E-state index is 12.4. The van der Waals surface area contributed by atoms with Crippen molar-refractivity contribution in [2.75, 3.05) is 18.2 Å². The first kappa shape index (κ1) is 18.3. The lowest BCUT2D eigenvalue weighted by molar-refractivity contribution is -0.118. The van der Waals surface area contributed by atoms with Crippen LogP contribution in [0.2, 0.25) is 0 Å². The molecule has 0 fully saturated rings. The highest BCUT2D eigenvalue weighted by molar-refractivity contribution is 8.01. The molecule has 0 spiro atoms. The third kappa shape index (κ3) is 4.58. The topological polar surface area (TPSA) is 67.4 Å². The zero-order chi connectivity index (χ0) is 18.4. The third-order valence-corrected chi connectivity index (χ3v) is 5.61. The van der Waals surface area contributed by atoms with E-state index in [0.717, 1.165) is 35.4 Å². The summed E-state index contributed by atoms with van der Waals surface area (Å²) in [5, 5.41) is 5.63. The molecule has 2 amide bonds. The van der Waals surface area contributed by atoms with Gasteiger partial charge in [0.05, 0.1) is 18.1 Å². The fourth-order valence-corrected chi connectivity index (χ4v) is 3.87. The predicted molar refractivity (Wildman–Crippen MR) is 104 cm³/mol. The van der Waals surface area contributed by atoms with Crippen LogP contribution in [0.3, 0.4) is 0 Å².